The van der Waals surface area contributed by atoms with Gasteiger partial charge in [-0.15, -0.1) is 0 Å². The summed E-state index contributed by atoms with van der Waals surface area (Å²) in [6.07, 6.45) is 3.99. The van der Waals surface area contributed by atoms with Crippen molar-refractivity contribution in [2.45, 2.75) is 38.6 Å². The summed E-state index contributed by atoms with van der Waals surface area (Å²) in [5.41, 5.74) is 0.551. The number of amides is 1. The topological polar surface area (TPSA) is 75.3 Å². The van der Waals surface area contributed by atoms with Gasteiger partial charge in [-0.2, -0.15) is 0 Å². The highest BCUT2D eigenvalue weighted by Crippen LogP contribution is 2.18. The van der Waals surface area contributed by atoms with E-state index in [0.29, 0.717) is 12.1 Å². The van der Waals surface area contributed by atoms with Crippen LogP contribution in [0.2, 0.25) is 0 Å². The lowest BCUT2D eigenvalue weighted by Gasteiger charge is -2.17. The Balaban J connectivity index is 2.70. The Kier molecular flexibility index (Phi) is 7.47. The number of hydrogen-bond donors (Lipinski definition) is 2. The van der Waals surface area contributed by atoms with Crippen molar-refractivity contribution in [3.8, 4) is 0 Å². The van der Waals surface area contributed by atoms with E-state index in [-0.39, 0.29) is 12.3 Å². The van der Waals surface area contributed by atoms with Gasteiger partial charge in [-0.3, -0.25) is 4.79 Å². The van der Waals surface area contributed by atoms with Crippen molar-refractivity contribution < 1.29 is 17.6 Å². The van der Waals surface area contributed by atoms with Crippen LogP contribution in [0.15, 0.2) is 24.3 Å². The first kappa shape index (κ1) is 18.6. The van der Waals surface area contributed by atoms with Gasteiger partial charge in [-0.25, -0.2) is 17.5 Å². The van der Waals surface area contributed by atoms with E-state index in [9.17, 15) is 17.6 Å². The third-order valence-corrected chi connectivity index (χ3v) is 3.83. The molecule has 0 heterocycles. The first-order chi connectivity index (χ1) is 10.3. The maximum Gasteiger partial charge on any atom is 0.221 e. The summed E-state index contributed by atoms with van der Waals surface area (Å²) in [6, 6.07) is 4.73. The van der Waals surface area contributed by atoms with Gasteiger partial charge in [0.2, 0.25) is 15.9 Å². The Hall–Kier alpha value is -1.47. The molecule has 0 bridgehead atoms. The molecule has 0 aliphatic rings. The van der Waals surface area contributed by atoms with Crippen LogP contribution < -0.4 is 10.0 Å². The molecule has 1 atom stereocenters. The molecule has 0 saturated carbocycles. The Morgan fingerprint density at radius 2 is 1.86 bits per heavy atom. The molecule has 0 unspecified atom stereocenters. The second-order valence-electron chi connectivity index (χ2n) is 5.26. The second-order valence-corrected chi connectivity index (χ2v) is 7.04. The number of carbonyl (C=O) groups excluding carboxylic acids is 1. The minimum Gasteiger partial charge on any atom is -0.356 e. The first-order valence-corrected chi connectivity index (χ1v) is 9.20. The van der Waals surface area contributed by atoms with Crippen molar-refractivity contribution in [2.24, 2.45) is 0 Å². The maximum atomic E-state index is 13.0. The zero-order chi connectivity index (χ0) is 16.6. The van der Waals surface area contributed by atoms with Crippen LogP contribution in [0.3, 0.4) is 0 Å². The van der Waals surface area contributed by atoms with E-state index < -0.39 is 21.9 Å². The molecule has 1 aromatic rings. The fourth-order valence-electron chi connectivity index (χ4n) is 2.04. The fourth-order valence-corrected chi connectivity index (χ4v) is 2.78. The van der Waals surface area contributed by atoms with Crippen LogP contribution in [0.25, 0.3) is 0 Å². The van der Waals surface area contributed by atoms with Gasteiger partial charge >= 0.3 is 0 Å². The van der Waals surface area contributed by atoms with E-state index in [1.165, 1.54) is 24.3 Å². The standard InChI is InChI=1S/C15H23FN2O3S/c1-3-4-5-10-17-15(19)11-14(18-22(2,20)21)12-6-8-13(16)9-7-12/h6-9,14,18H,3-5,10-11H2,1-2H3,(H,17,19)/t14-/m1/s1. The van der Waals surface area contributed by atoms with Gasteiger partial charge in [0.25, 0.3) is 0 Å². The van der Waals surface area contributed by atoms with Crippen LogP contribution in [0, 0.1) is 5.82 Å². The van der Waals surface area contributed by atoms with Crippen molar-refractivity contribution >= 4 is 15.9 Å². The molecule has 1 rings (SSSR count). The molecule has 1 amide bonds. The van der Waals surface area contributed by atoms with Gasteiger partial charge in [0.05, 0.1) is 12.3 Å². The molecule has 2 N–H and O–H groups in total. The molecule has 124 valence electrons. The maximum absolute atomic E-state index is 13.0. The number of hydrogen-bond acceptors (Lipinski definition) is 3. The van der Waals surface area contributed by atoms with Crippen LogP contribution in [0.4, 0.5) is 4.39 Å². The minimum absolute atomic E-state index is 0.0230. The number of sulfonamides is 1. The van der Waals surface area contributed by atoms with Gasteiger partial charge in [0, 0.05) is 13.0 Å². The van der Waals surface area contributed by atoms with Crippen LogP contribution >= 0.6 is 0 Å². The fraction of sp³-hybridized carbons (Fsp3) is 0.533. The lowest BCUT2D eigenvalue weighted by Crippen LogP contribution is -2.33. The summed E-state index contributed by atoms with van der Waals surface area (Å²) in [7, 11) is -3.48. The summed E-state index contributed by atoms with van der Waals surface area (Å²) in [6.45, 7) is 2.64. The van der Waals surface area contributed by atoms with Gasteiger partial charge in [-0.05, 0) is 24.1 Å². The molecule has 22 heavy (non-hydrogen) atoms. The predicted octanol–water partition coefficient (Wildman–Crippen LogP) is 2.11. The highest BCUT2D eigenvalue weighted by molar-refractivity contribution is 7.88. The first-order valence-electron chi connectivity index (χ1n) is 7.31. The molecule has 0 spiro atoms. The number of rotatable bonds is 9. The number of unbranched alkanes of at least 4 members (excludes halogenated alkanes) is 2. The van der Waals surface area contributed by atoms with E-state index in [0.717, 1.165) is 25.5 Å². The van der Waals surface area contributed by atoms with Crippen molar-refractivity contribution in [3.05, 3.63) is 35.6 Å². The van der Waals surface area contributed by atoms with Gasteiger partial charge in [0.15, 0.2) is 0 Å². The lowest BCUT2D eigenvalue weighted by molar-refractivity contribution is -0.121. The molecule has 0 aromatic heterocycles. The summed E-state index contributed by atoms with van der Waals surface area (Å²) >= 11 is 0. The quantitative estimate of drug-likeness (QED) is 0.681. The molecule has 0 fully saturated rings. The summed E-state index contributed by atoms with van der Waals surface area (Å²) in [5, 5.41) is 2.77. The van der Waals surface area contributed by atoms with Crippen LogP contribution in [0.1, 0.15) is 44.2 Å². The molecule has 0 saturated heterocycles. The van der Waals surface area contributed by atoms with Crippen LogP contribution in [-0.2, 0) is 14.8 Å². The highest BCUT2D eigenvalue weighted by Gasteiger charge is 2.19. The van der Waals surface area contributed by atoms with Crippen molar-refractivity contribution in [1.82, 2.24) is 10.0 Å². The summed E-state index contributed by atoms with van der Waals surface area (Å²) in [5.74, 6) is -0.646. The molecule has 7 heteroatoms. The number of halogens is 1. The molecule has 0 radical (unpaired) electrons. The van der Waals surface area contributed by atoms with E-state index in [1.54, 1.807) is 0 Å². The van der Waals surface area contributed by atoms with Gasteiger partial charge < -0.3 is 5.32 Å². The molecular formula is C15H23FN2O3S. The monoisotopic (exact) mass is 330 g/mol. The lowest BCUT2D eigenvalue weighted by atomic mass is 10.0. The molecule has 0 aliphatic carbocycles. The van der Waals surface area contributed by atoms with Crippen LogP contribution in [-0.4, -0.2) is 27.1 Å². The van der Waals surface area contributed by atoms with E-state index >= 15 is 0 Å². The number of benzene rings is 1. The average molecular weight is 330 g/mol. The van der Waals surface area contributed by atoms with Crippen molar-refractivity contribution in [2.75, 3.05) is 12.8 Å². The Morgan fingerprint density at radius 3 is 2.41 bits per heavy atom. The number of carbonyl (C=O) groups is 1. The van der Waals surface area contributed by atoms with E-state index in [1.807, 2.05) is 0 Å². The van der Waals surface area contributed by atoms with Crippen molar-refractivity contribution in [1.29, 1.82) is 0 Å². The minimum atomic E-state index is -3.48. The SMILES string of the molecule is CCCCCNC(=O)C[C@@H](NS(C)(=O)=O)c1ccc(F)cc1. The predicted molar refractivity (Wildman–Crippen MR) is 84.3 cm³/mol. The molecule has 0 aliphatic heterocycles. The normalized spacial score (nSPS) is 12.9. The second kappa shape index (κ2) is 8.85. The average Bonchev–Trinajstić information content (AvgIpc) is 2.42. The molecule has 1 aromatic carbocycles. The van der Waals surface area contributed by atoms with E-state index in [2.05, 4.69) is 17.0 Å². The Bertz CT molecular complexity index is 573. The highest BCUT2D eigenvalue weighted by atomic mass is 32.2. The zero-order valence-electron chi connectivity index (χ0n) is 12.9. The summed E-state index contributed by atoms with van der Waals surface area (Å²) in [4.78, 5) is 11.9. The molecular weight excluding hydrogens is 307 g/mol. The Labute approximate surface area is 131 Å². The van der Waals surface area contributed by atoms with Gasteiger partial charge in [-0.1, -0.05) is 31.9 Å². The third-order valence-electron chi connectivity index (χ3n) is 3.12. The van der Waals surface area contributed by atoms with Crippen LogP contribution in [0.5, 0.6) is 0 Å². The summed E-state index contributed by atoms with van der Waals surface area (Å²) < 4.78 is 38.3. The third kappa shape index (κ3) is 7.51. The van der Waals surface area contributed by atoms with E-state index in [4.69, 9.17) is 0 Å². The molecule has 5 nitrogen and oxygen atoms in total. The zero-order valence-corrected chi connectivity index (χ0v) is 13.7. The largest absolute Gasteiger partial charge is 0.356 e. The smallest absolute Gasteiger partial charge is 0.221 e. The number of nitrogens with one attached hydrogen (secondary N) is 2. The van der Waals surface area contributed by atoms with Crippen molar-refractivity contribution in [3.63, 3.8) is 0 Å². The van der Waals surface area contributed by atoms with Gasteiger partial charge in [0.1, 0.15) is 5.82 Å². The Morgan fingerprint density at radius 1 is 1.23 bits per heavy atom.